The number of benzene rings is 1. The summed E-state index contributed by atoms with van der Waals surface area (Å²) in [5.41, 5.74) is 0.600. The summed E-state index contributed by atoms with van der Waals surface area (Å²) in [5.74, 6) is -1.13. The number of halogens is 3. The van der Waals surface area contributed by atoms with Crippen LogP contribution in [-0.4, -0.2) is 11.5 Å². The second-order valence-electron chi connectivity index (χ2n) is 4.46. The SMILES string of the molecule is CCCNCc1cc(F)c(Sc2ncccc2Br)c(F)c1. The molecule has 1 aromatic heterocycles. The molecule has 0 bridgehead atoms. The van der Waals surface area contributed by atoms with Crippen molar-refractivity contribution in [2.24, 2.45) is 0 Å². The average molecular weight is 373 g/mol. The molecule has 6 heteroatoms. The Bertz CT molecular complexity index is 599. The van der Waals surface area contributed by atoms with Crippen LogP contribution >= 0.6 is 27.7 Å². The first-order valence-electron chi connectivity index (χ1n) is 6.58. The summed E-state index contributed by atoms with van der Waals surface area (Å²) in [5, 5.41) is 3.66. The molecule has 0 atom stereocenters. The second kappa shape index (κ2) is 7.87. The Morgan fingerprint density at radius 3 is 2.62 bits per heavy atom. The van der Waals surface area contributed by atoms with Crippen LogP contribution in [0.5, 0.6) is 0 Å². The molecule has 0 radical (unpaired) electrons. The van der Waals surface area contributed by atoms with Gasteiger partial charge in [-0.2, -0.15) is 0 Å². The molecule has 0 aliphatic heterocycles. The summed E-state index contributed by atoms with van der Waals surface area (Å²) >= 11 is 4.30. The Morgan fingerprint density at radius 2 is 2.00 bits per heavy atom. The summed E-state index contributed by atoms with van der Waals surface area (Å²) in [4.78, 5) is 4.08. The number of aromatic nitrogens is 1. The highest BCUT2D eigenvalue weighted by Crippen LogP contribution is 2.35. The number of nitrogens with zero attached hydrogens (tertiary/aromatic N) is 1. The maximum atomic E-state index is 14.1. The number of rotatable bonds is 6. The van der Waals surface area contributed by atoms with E-state index in [0.717, 1.165) is 24.7 Å². The van der Waals surface area contributed by atoms with Gasteiger partial charge in [0, 0.05) is 12.7 Å². The summed E-state index contributed by atoms with van der Waals surface area (Å²) < 4.78 is 28.9. The van der Waals surface area contributed by atoms with E-state index >= 15 is 0 Å². The van der Waals surface area contributed by atoms with Gasteiger partial charge in [0.2, 0.25) is 0 Å². The molecular weight excluding hydrogens is 358 g/mol. The molecule has 1 N–H and O–H groups in total. The van der Waals surface area contributed by atoms with E-state index in [0.29, 0.717) is 21.6 Å². The van der Waals surface area contributed by atoms with Crippen LogP contribution in [-0.2, 0) is 6.54 Å². The molecule has 112 valence electrons. The molecule has 0 saturated carbocycles. The molecule has 2 nitrogen and oxygen atoms in total. The predicted molar refractivity (Wildman–Crippen MR) is 84.4 cm³/mol. The highest BCUT2D eigenvalue weighted by atomic mass is 79.9. The van der Waals surface area contributed by atoms with Gasteiger partial charge in [-0.3, -0.25) is 0 Å². The maximum absolute atomic E-state index is 14.1. The lowest BCUT2D eigenvalue weighted by Crippen LogP contribution is -2.14. The van der Waals surface area contributed by atoms with Gasteiger partial charge in [0.1, 0.15) is 16.7 Å². The van der Waals surface area contributed by atoms with E-state index in [2.05, 4.69) is 26.2 Å². The van der Waals surface area contributed by atoms with Crippen LogP contribution in [0, 0.1) is 11.6 Å². The molecule has 0 amide bonds. The van der Waals surface area contributed by atoms with Gasteiger partial charge in [-0.1, -0.05) is 18.7 Å². The Morgan fingerprint density at radius 1 is 1.29 bits per heavy atom. The lowest BCUT2D eigenvalue weighted by molar-refractivity contribution is 0.534. The van der Waals surface area contributed by atoms with Gasteiger partial charge in [0.05, 0.1) is 9.37 Å². The van der Waals surface area contributed by atoms with Crippen LogP contribution in [0.2, 0.25) is 0 Å². The van der Waals surface area contributed by atoms with Crippen molar-refractivity contribution in [3.8, 4) is 0 Å². The predicted octanol–water partition coefficient (Wildman–Crippen LogP) is 4.77. The van der Waals surface area contributed by atoms with Crippen molar-refractivity contribution in [3.63, 3.8) is 0 Å². The van der Waals surface area contributed by atoms with Gasteiger partial charge in [0.25, 0.3) is 0 Å². The standard InChI is InChI=1S/C15H15BrF2N2S/c1-2-5-19-9-10-7-12(17)14(13(18)8-10)21-15-11(16)4-3-6-20-15/h3-4,6-8,19H,2,5,9H2,1H3. The van der Waals surface area contributed by atoms with Crippen LogP contribution in [0.1, 0.15) is 18.9 Å². The average Bonchev–Trinajstić information content (AvgIpc) is 2.45. The quantitative estimate of drug-likeness (QED) is 0.739. The fraction of sp³-hybridized carbons (Fsp3) is 0.267. The van der Waals surface area contributed by atoms with E-state index in [-0.39, 0.29) is 4.90 Å². The molecule has 1 heterocycles. The van der Waals surface area contributed by atoms with E-state index in [9.17, 15) is 8.78 Å². The van der Waals surface area contributed by atoms with Crippen molar-refractivity contribution >= 4 is 27.7 Å². The third-order valence-electron chi connectivity index (χ3n) is 2.74. The fourth-order valence-electron chi connectivity index (χ4n) is 1.76. The molecule has 1 aromatic carbocycles. The molecule has 0 aliphatic carbocycles. The van der Waals surface area contributed by atoms with Crippen LogP contribution in [0.25, 0.3) is 0 Å². The van der Waals surface area contributed by atoms with Gasteiger partial charge in [-0.25, -0.2) is 13.8 Å². The van der Waals surface area contributed by atoms with Crippen molar-refractivity contribution in [1.82, 2.24) is 10.3 Å². The molecule has 0 saturated heterocycles. The zero-order valence-electron chi connectivity index (χ0n) is 11.5. The number of hydrogen-bond acceptors (Lipinski definition) is 3. The van der Waals surface area contributed by atoms with Crippen LogP contribution in [0.15, 0.2) is 44.9 Å². The summed E-state index contributed by atoms with van der Waals surface area (Å²) in [6, 6.07) is 6.27. The van der Waals surface area contributed by atoms with Crippen molar-refractivity contribution in [3.05, 3.63) is 52.1 Å². The molecular formula is C15H15BrF2N2S. The number of pyridine rings is 1. The molecule has 0 spiro atoms. The topological polar surface area (TPSA) is 24.9 Å². The lowest BCUT2D eigenvalue weighted by Gasteiger charge is -2.09. The minimum atomic E-state index is -0.564. The summed E-state index contributed by atoms with van der Waals surface area (Å²) in [6.45, 7) is 3.32. The first-order chi connectivity index (χ1) is 10.1. The zero-order valence-corrected chi connectivity index (χ0v) is 13.9. The van der Waals surface area contributed by atoms with Gasteiger partial charge < -0.3 is 5.32 Å². The Labute approximate surface area is 135 Å². The van der Waals surface area contributed by atoms with Crippen LogP contribution in [0.3, 0.4) is 0 Å². The second-order valence-corrected chi connectivity index (χ2v) is 6.31. The van der Waals surface area contributed by atoms with Crippen LogP contribution in [0.4, 0.5) is 8.78 Å². The smallest absolute Gasteiger partial charge is 0.140 e. The van der Waals surface area contributed by atoms with Crippen molar-refractivity contribution < 1.29 is 8.78 Å². The Hall–Kier alpha value is -0.980. The molecule has 0 fully saturated rings. The third kappa shape index (κ3) is 4.49. The van der Waals surface area contributed by atoms with E-state index in [4.69, 9.17) is 0 Å². The van der Waals surface area contributed by atoms with Crippen molar-refractivity contribution in [2.45, 2.75) is 29.8 Å². The normalized spacial score (nSPS) is 10.9. The van der Waals surface area contributed by atoms with E-state index < -0.39 is 11.6 Å². The fourth-order valence-corrected chi connectivity index (χ4v) is 3.05. The minimum Gasteiger partial charge on any atom is -0.313 e. The zero-order chi connectivity index (χ0) is 15.2. The first-order valence-corrected chi connectivity index (χ1v) is 8.19. The van der Waals surface area contributed by atoms with E-state index in [1.165, 1.54) is 12.1 Å². The minimum absolute atomic E-state index is 0.0337. The third-order valence-corrected chi connectivity index (χ3v) is 4.75. The van der Waals surface area contributed by atoms with Gasteiger partial charge in [0.15, 0.2) is 0 Å². The largest absolute Gasteiger partial charge is 0.313 e. The Kier molecular flexibility index (Phi) is 6.14. The highest BCUT2D eigenvalue weighted by molar-refractivity contribution is 9.10. The van der Waals surface area contributed by atoms with Gasteiger partial charge in [-0.15, -0.1) is 0 Å². The van der Waals surface area contributed by atoms with Gasteiger partial charge in [-0.05, 0) is 58.7 Å². The molecule has 2 rings (SSSR count). The Balaban J connectivity index is 2.19. The van der Waals surface area contributed by atoms with Crippen molar-refractivity contribution in [1.29, 1.82) is 0 Å². The number of nitrogens with one attached hydrogen (secondary N) is 1. The molecule has 21 heavy (non-hydrogen) atoms. The molecule has 0 unspecified atom stereocenters. The molecule has 0 aliphatic rings. The van der Waals surface area contributed by atoms with E-state index in [1.807, 2.05) is 6.92 Å². The lowest BCUT2D eigenvalue weighted by atomic mass is 10.2. The number of hydrogen-bond donors (Lipinski definition) is 1. The molecule has 2 aromatic rings. The first kappa shape index (κ1) is 16.4. The van der Waals surface area contributed by atoms with Crippen molar-refractivity contribution in [2.75, 3.05) is 6.54 Å². The van der Waals surface area contributed by atoms with E-state index in [1.54, 1.807) is 18.3 Å². The maximum Gasteiger partial charge on any atom is 0.140 e. The summed E-state index contributed by atoms with van der Waals surface area (Å²) in [7, 11) is 0. The summed E-state index contributed by atoms with van der Waals surface area (Å²) in [6.07, 6.45) is 2.57. The van der Waals surface area contributed by atoms with Gasteiger partial charge >= 0.3 is 0 Å². The monoisotopic (exact) mass is 372 g/mol. The van der Waals surface area contributed by atoms with Crippen LogP contribution < -0.4 is 5.32 Å². The highest BCUT2D eigenvalue weighted by Gasteiger charge is 2.14.